The van der Waals surface area contributed by atoms with Crippen LogP contribution < -0.4 is 4.72 Å². The minimum absolute atomic E-state index is 0.165. The van der Waals surface area contributed by atoms with Gasteiger partial charge in [-0.15, -0.1) is 0 Å². The van der Waals surface area contributed by atoms with Gasteiger partial charge in [0, 0.05) is 6.42 Å². The summed E-state index contributed by atoms with van der Waals surface area (Å²) >= 11 is 0. The zero-order chi connectivity index (χ0) is 15.9. The minimum atomic E-state index is -3.73. The van der Waals surface area contributed by atoms with Crippen molar-refractivity contribution in [2.45, 2.75) is 33.6 Å². The summed E-state index contributed by atoms with van der Waals surface area (Å²) in [6, 6.07) is 9.07. The number of sulfonamides is 1. The number of benzene rings is 1. The first-order valence-electron chi connectivity index (χ1n) is 7.07. The molecule has 0 heterocycles. The zero-order valence-corrected chi connectivity index (χ0v) is 13.6. The van der Waals surface area contributed by atoms with Crippen LogP contribution in [-0.4, -0.2) is 14.3 Å². The summed E-state index contributed by atoms with van der Waals surface area (Å²) in [4.78, 5) is 11.7. The highest BCUT2D eigenvalue weighted by molar-refractivity contribution is 7.93. The van der Waals surface area contributed by atoms with Crippen LogP contribution in [0.25, 0.3) is 6.08 Å². The lowest BCUT2D eigenvalue weighted by molar-refractivity contribution is -0.120. The summed E-state index contributed by atoms with van der Waals surface area (Å²) in [6.07, 6.45) is 2.58. The predicted molar refractivity (Wildman–Crippen MR) is 85.8 cm³/mol. The summed E-state index contributed by atoms with van der Waals surface area (Å²) in [5, 5.41) is 1.02. The van der Waals surface area contributed by atoms with E-state index in [4.69, 9.17) is 0 Å². The quantitative estimate of drug-likeness (QED) is 0.841. The molecule has 0 aromatic heterocycles. The van der Waals surface area contributed by atoms with Crippen molar-refractivity contribution in [3.05, 3.63) is 41.3 Å². The smallest absolute Gasteiger partial charge is 0.257 e. The van der Waals surface area contributed by atoms with Crippen LogP contribution >= 0.6 is 0 Å². The maximum atomic E-state index is 11.8. The van der Waals surface area contributed by atoms with Crippen LogP contribution in [0.4, 0.5) is 0 Å². The van der Waals surface area contributed by atoms with Gasteiger partial charge in [-0.25, -0.2) is 13.1 Å². The molecule has 5 heteroatoms. The van der Waals surface area contributed by atoms with Crippen molar-refractivity contribution < 1.29 is 13.2 Å². The average molecular weight is 309 g/mol. The first kappa shape index (κ1) is 17.4. The molecule has 0 spiro atoms. The van der Waals surface area contributed by atoms with Gasteiger partial charge >= 0.3 is 0 Å². The van der Waals surface area contributed by atoms with Crippen LogP contribution in [0.15, 0.2) is 35.7 Å². The fourth-order valence-electron chi connectivity index (χ4n) is 2.17. The molecule has 1 rings (SSSR count). The van der Waals surface area contributed by atoms with Crippen LogP contribution in [0.5, 0.6) is 0 Å². The number of hydrogen-bond donors (Lipinski definition) is 1. The fourth-order valence-corrected chi connectivity index (χ4v) is 2.98. The molecule has 0 bridgehead atoms. The molecule has 0 aliphatic carbocycles. The Morgan fingerprint density at radius 3 is 2.38 bits per heavy atom. The van der Waals surface area contributed by atoms with Crippen molar-refractivity contribution in [3.8, 4) is 0 Å². The number of carbonyl (C=O) groups is 1. The molecular weight excluding hydrogens is 286 g/mol. The van der Waals surface area contributed by atoms with Crippen LogP contribution in [0.2, 0.25) is 0 Å². The SMILES string of the molecule is CC(C)CC(C)CC(=O)NS(=O)(=O)/C=C/c1ccccc1. The van der Waals surface area contributed by atoms with E-state index < -0.39 is 15.9 Å². The molecule has 0 aliphatic heterocycles. The zero-order valence-electron chi connectivity index (χ0n) is 12.7. The lowest BCUT2D eigenvalue weighted by Gasteiger charge is -2.13. The Hall–Kier alpha value is -1.62. The van der Waals surface area contributed by atoms with Gasteiger partial charge in [-0.3, -0.25) is 4.79 Å². The molecule has 1 amide bonds. The summed E-state index contributed by atoms with van der Waals surface area (Å²) in [6.45, 7) is 6.10. The predicted octanol–water partition coefficient (Wildman–Crippen LogP) is 3.18. The van der Waals surface area contributed by atoms with E-state index in [0.29, 0.717) is 5.92 Å². The Labute approximate surface area is 127 Å². The van der Waals surface area contributed by atoms with Gasteiger partial charge in [0.1, 0.15) is 0 Å². The number of nitrogens with one attached hydrogen (secondary N) is 1. The number of carbonyl (C=O) groups excluding carboxylic acids is 1. The monoisotopic (exact) mass is 309 g/mol. The second-order valence-electron chi connectivity index (χ2n) is 5.72. The van der Waals surface area contributed by atoms with E-state index in [9.17, 15) is 13.2 Å². The molecule has 1 unspecified atom stereocenters. The first-order chi connectivity index (χ1) is 9.78. The van der Waals surface area contributed by atoms with Gasteiger partial charge in [-0.2, -0.15) is 0 Å². The van der Waals surface area contributed by atoms with Crippen LogP contribution in [-0.2, 0) is 14.8 Å². The van der Waals surface area contributed by atoms with Gasteiger partial charge in [0.15, 0.2) is 0 Å². The molecule has 1 aromatic rings. The molecule has 0 saturated heterocycles. The highest BCUT2D eigenvalue weighted by atomic mass is 32.2. The minimum Gasteiger partial charge on any atom is -0.274 e. The molecule has 1 N–H and O–H groups in total. The Bertz CT molecular complexity index is 577. The maximum Gasteiger partial charge on any atom is 0.257 e. The van der Waals surface area contributed by atoms with Crippen LogP contribution in [0.3, 0.4) is 0 Å². The first-order valence-corrected chi connectivity index (χ1v) is 8.62. The van der Waals surface area contributed by atoms with Gasteiger partial charge in [-0.05, 0) is 29.9 Å². The molecule has 0 fully saturated rings. The third kappa shape index (κ3) is 7.66. The van der Waals surface area contributed by atoms with Crippen molar-refractivity contribution in [3.63, 3.8) is 0 Å². The molecule has 0 saturated carbocycles. The Morgan fingerprint density at radius 2 is 1.81 bits per heavy atom. The number of amides is 1. The van der Waals surface area contributed by atoms with E-state index in [0.717, 1.165) is 17.4 Å². The molecule has 0 aliphatic rings. The lowest BCUT2D eigenvalue weighted by Crippen LogP contribution is -2.30. The average Bonchev–Trinajstić information content (AvgIpc) is 2.35. The number of rotatable bonds is 7. The molecule has 0 radical (unpaired) electrons. The van der Waals surface area contributed by atoms with Crippen molar-refractivity contribution >= 4 is 22.0 Å². The van der Waals surface area contributed by atoms with E-state index in [-0.39, 0.29) is 12.3 Å². The van der Waals surface area contributed by atoms with Crippen molar-refractivity contribution in [2.24, 2.45) is 11.8 Å². The standard InChI is InChI=1S/C16H23NO3S/c1-13(2)11-14(3)12-16(18)17-21(19,20)10-9-15-7-5-4-6-8-15/h4-10,13-14H,11-12H2,1-3H3,(H,17,18)/b10-9+. The highest BCUT2D eigenvalue weighted by Crippen LogP contribution is 2.14. The molecular formula is C16H23NO3S. The lowest BCUT2D eigenvalue weighted by atomic mass is 9.96. The third-order valence-corrected chi connectivity index (χ3v) is 3.91. The van der Waals surface area contributed by atoms with Crippen LogP contribution in [0.1, 0.15) is 39.2 Å². The molecule has 4 nitrogen and oxygen atoms in total. The van der Waals surface area contributed by atoms with Crippen molar-refractivity contribution in [1.82, 2.24) is 4.72 Å². The van der Waals surface area contributed by atoms with E-state index in [1.54, 1.807) is 12.1 Å². The van der Waals surface area contributed by atoms with E-state index in [2.05, 4.69) is 18.6 Å². The molecule has 116 valence electrons. The second-order valence-corrected chi connectivity index (χ2v) is 7.29. The number of hydrogen-bond acceptors (Lipinski definition) is 3. The topological polar surface area (TPSA) is 63.2 Å². The van der Waals surface area contributed by atoms with Gasteiger partial charge in [0.05, 0.1) is 5.41 Å². The molecule has 21 heavy (non-hydrogen) atoms. The van der Waals surface area contributed by atoms with E-state index >= 15 is 0 Å². The van der Waals surface area contributed by atoms with E-state index in [1.165, 1.54) is 6.08 Å². The normalized spacial score (nSPS) is 13.5. The Kier molecular flexibility index (Phi) is 6.62. The van der Waals surface area contributed by atoms with Gasteiger partial charge in [0.2, 0.25) is 5.91 Å². The van der Waals surface area contributed by atoms with Crippen molar-refractivity contribution in [2.75, 3.05) is 0 Å². The van der Waals surface area contributed by atoms with Crippen LogP contribution in [0, 0.1) is 11.8 Å². The summed E-state index contributed by atoms with van der Waals surface area (Å²) in [5.74, 6) is 0.196. The third-order valence-electron chi connectivity index (χ3n) is 2.90. The Balaban J connectivity index is 2.56. The summed E-state index contributed by atoms with van der Waals surface area (Å²) < 4.78 is 25.7. The van der Waals surface area contributed by atoms with Gasteiger partial charge in [0.25, 0.3) is 10.0 Å². The molecule has 1 atom stereocenters. The maximum absolute atomic E-state index is 11.8. The second kappa shape index (κ2) is 7.98. The summed E-state index contributed by atoms with van der Waals surface area (Å²) in [7, 11) is -3.73. The summed E-state index contributed by atoms with van der Waals surface area (Å²) in [5.41, 5.74) is 0.767. The largest absolute Gasteiger partial charge is 0.274 e. The highest BCUT2D eigenvalue weighted by Gasteiger charge is 2.15. The van der Waals surface area contributed by atoms with Crippen molar-refractivity contribution in [1.29, 1.82) is 0 Å². The Morgan fingerprint density at radius 1 is 1.19 bits per heavy atom. The molecule has 1 aromatic carbocycles. The fraction of sp³-hybridized carbons (Fsp3) is 0.438. The van der Waals surface area contributed by atoms with E-state index in [1.807, 2.05) is 25.1 Å². The van der Waals surface area contributed by atoms with Gasteiger partial charge in [-0.1, -0.05) is 51.1 Å². The van der Waals surface area contributed by atoms with Gasteiger partial charge < -0.3 is 0 Å².